The van der Waals surface area contributed by atoms with Crippen LogP contribution in [-0.4, -0.2) is 188 Å². The smallest absolute Gasteiger partial charge is 0.412 e. The first-order valence-corrected chi connectivity index (χ1v) is 31.0. The number of epoxide rings is 1. The van der Waals surface area contributed by atoms with E-state index in [1.54, 1.807) is 44.2 Å². The van der Waals surface area contributed by atoms with Crippen molar-refractivity contribution in [1.29, 1.82) is 0 Å². The van der Waals surface area contributed by atoms with Gasteiger partial charge in [0.1, 0.15) is 60.8 Å². The number of nitrogens with one attached hydrogen (secondary N) is 4. The molecule has 0 radical (unpaired) electrons. The first-order valence-electron chi connectivity index (χ1n) is 29.5. The lowest BCUT2D eigenvalue weighted by molar-refractivity contribution is -0.162. The Morgan fingerprint density at radius 1 is 0.910 bits per heavy atom. The number of aliphatic hydroxyl groups is 1. The Balaban J connectivity index is 1.02. The molecule has 488 valence electrons. The van der Waals surface area contributed by atoms with Crippen molar-refractivity contribution in [3.8, 4) is 5.75 Å². The van der Waals surface area contributed by atoms with Crippen LogP contribution in [0.4, 0.5) is 30.6 Å². The summed E-state index contributed by atoms with van der Waals surface area (Å²) in [7, 11) is 7.14. The molecule has 2 aliphatic heterocycles. The lowest BCUT2D eigenvalue weighted by atomic mass is 9.83. The number of carbonyl (C=O) groups is 9. The third-order valence-electron chi connectivity index (χ3n) is 16.0. The molecule has 2 heterocycles. The van der Waals surface area contributed by atoms with Gasteiger partial charge in [0, 0.05) is 79.5 Å². The zero-order valence-electron chi connectivity index (χ0n) is 51.8. The number of ether oxygens (including phenoxy) is 8. The molecule has 4 bridgehead atoms. The average molecular weight is 1330 g/mol. The Morgan fingerprint density at radius 3 is 2.35 bits per heavy atom. The molecule has 2 fully saturated rings. The monoisotopic (exact) mass is 1330 g/mol. The minimum atomic E-state index is -1.90. The number of halogens is 2. The van der Waals surface area contributed by atoms with Gasteiger partial charge in [-0.15, -0.1) is 0 Å². The van der Waals surface area contributed by atoms with Gasteiger partial charge in [0.05, 0.1) is 41.4 Å². The first-order chi connectivity index (χ1) is 42.3. The number of methoxy groups -OCH3 is 2. The fourth-order valence-electron chi connectivity index (χ4n) is 10.5. The summed E-state index contributed by atoms with van der Waals surface area (Å²) in [4.78, 5) is 122. The number of fused-ring (bicyclic) bond motifs is 5. The van der Waals surface area contributed by atoms with Crippen molar-refractivity contribution in [3.05, 3.63) is 88.0 Å². The average Bonchev–Trinajstić information content (AvgIpc) is 1.60. The summed E-state index contributed by atoms with van der Waals surface area (Å²) in [6.07, 6.45) is 5.51. The molecule has 2 saturated heterocycles. The number of amides is 7. The van der Waals surface area contributed by atoms with Crippen molar-refractivity contribution >= 4 is 92.8 Å². The van der Waals surface area contributed by atoms with Crippen LogP contribution in [0.15, 0.2) is 66.3 Å². The summed E-state index contributed by atoms with van der Waals surface area (Å²) in [5.74, 6) is -2.83. The normalized spacial score (nSPS) is 25.1. The van der Waals surface area contributed by atoms with E-state index in [4.69, 9.17) is 49.5 Å². The standard InChI is InChI=1S/C62H83BrClN7O18/c1-37-16-15-19-49(83-9)62(81)34-48(87-58(78)68-62)38(2)55-61(4,89-55)50(33-43(72)32-42-29-41(28-37)31-47(82-8)54(42)64)88-56(76)39(3)71(7)53(75)23-27-84-59(79)69(5)25-26-70(6)60(80)85-36-40-20-21-45(46(30-40)66-51(73)22-24-65-52(74)35-63)67-57(77)86-44-17-13-11-10-12-14-18-44/h13,15-17,19-21,29-31,38-39,44,48-50,55,81H,10-12,14,18,22-28,32-36H2,1-9H3,(H,65,74)(H,66,73)(H,67,77)(H,68,78)/b17-13+,19-15+,37-16+/t38-,39+,44?,48+,49-,50+,55+,61+,62+/m1/s1. The van der Waals surface area contributed by atoms with Crippen LogP contribution < -0.4 is 26.0 Å². The molecule has 5 N–H and O–H groups in total. The number of Topliss-reactive ketones (excluding diaryl/α,β-unsaturated/α-hetero) is 1. The molecule has 6 rings (SSSR count). The number of alkyl carbamates (subject to hydrolysis) is 1. The van der Waals surface area contributed by atoms with Crippen molar-refractivity contribution in [2.24, 2.45) is 5.92 Å². The molecule has 9 atom stereocenters. The predicted molar refractivity (Wildman–Crippen MR) is 330 cm³/mol. The summed E-state index contributed by atoms with van der Waals surface area (Å²) in [5, 5.41) is 22.7. The highest BCUT2D eigenvalue weighted by molar-refractivity contribution is 9.09. The number of benzene rings is 2. The van der Waals surface area contributed by atoms with E-state index in [1.165, 1.54) is 64.2 Å². The molecule has 2 aromatic rings. The van der Waals surface area contributed by atoms with Gasteiger partial charge in [-0.05, 0) is 93.8 Å². The maximum atomic E-state index is 14.2. The van der Waals surface area contributed by atoms with Gasteiger partial charge in [0.2, 0.25) is 17.7 Å². The van der Waals surface area contributed by atoms with Crippen LogP contribution in [0.3, 0.4) is 0 Å². The van der Waals surface area contributed by atoms with Gasteiger partial charge in [-0.2, -0.15) is 0 Å². The Bertz CT molecular complexity index is 3000. The Kier molecular flexibility index (Phi) is 26.3. The quantitative estimate of drug-likeness (QED) is 0.0279. The largest absolute Gasteiger partial charge is 0.495 e. The van der Waals surface area contributed by atoms with Crippen LogP contribution in [0.1, 0.15) is 102 Å². The number of likely N-dealkylation sites (N-methyl/N-ethyl adjacent to an activating group) is 3. The first kappa shape index (κ1) is 70.8. The number of hydrogen-bond acceptors (Lipinski definition) is 18. The molecule has 2 aromatic carbocycles. The van der Waals surface area contributed by atoms with Crippen LogP contribution in [0.5, 0.6) is 5.75 Å². The number of anilines is 2. The van der Waals surface area contributed by atoms with Gasteiger partial charge < -0.3 is 68.3 Å². The maximum Gasteiger partial charge on any atom is 0.412 e. The number of hydrogen-bond donors (Lipinski definition) is 5. The number of allylic oxidation sites excluding steroid dienone is 4. The fourth-order valence-corrected chi connectivity index (χ4v) is 10.9. The lowest BCUT2D eigenvalue weighted by Crippen LogP contribution is -2.63. The molecular formula is C62H83BrClN7O18. The summed E-state index contributed by atoms with van der Waals surface area (Å²) >= 11 is 9.84. The zero-order valence-corrected chi connectivity index (χ0v) is 54.2. The number of carbonyl (C=O) groups excluding carboxylic acids is 9. The van der Waals surface area contributed by atoms with E-state index in [1.807, 2.05) is 25.2 Å². The second-order valence-corrected chi connectivity index (χ2v) is 23.8. The summed E-state index contributed by atoms with van der Waals surface area (Å²) in [5.41, 5.74) is -0.167. The molecule has 1 unspecified atom stereocenters. The molecular weight excluding hydrogens is 1250 g/mol. The molecule has 89 heavy (non-hydrogen) atoms. The van der Waals surface area contributed by atoms with Crippen LogP contribution >= 0.6 is 27.5 Å². The van der Waals surface area contributed by atoms with Crippen LogP contribution in [0, 0.1) is 5.92 Å². The van der Waals surface area contributed by atoms with Gasteiger partial charge in [-0.1, -0.05) is 82.9 Å². The van der Waals surface area contributed by atoms with Crippen LogP contribution in [0.25, 0.3) is 0 Å². The van der Waals surface area contributed by atoms with Crippen LogP contribution in [0.2, 0.25) is 5.02 Å². The molecule has 4 aliphatic rings. The zero-order chi connectivity index (χ0) is 65.2. The van der Waals surface area contributed by atoms with Crippen molar-refractivity contribution in [2.75, 3.05) is 77.6 Å². The highest BCUT2D eigenvalue weighted by Crippen LogP contribution is 2.49. The summed E-state index contributed by atoms with van der Waals surface area (Å²) < 4.78 is 45.9. The van der Waals surface area contributed by atoms with E-state index in [2.05, 4.69) is 37.2 Å². The highest BCUT2D eigenvalue weighted by atomic mass is 79.9. The van der Waals surface area contributed by atoms with Crippen molar-refractivity contribution < 1.29 is 86.2 Å². The molecule has 7 amide bonds. The minimum absolute atomic E-state index is 0.00481. The predicted octanol–water partition coefficient (Wildman–Crippen LogP) is 7.67. The van der Waals surface area contributed by atoms with E-state index < -0.39 is 96.0 Å². The maximum absolute atomic E-state index is 14.2. The summed E-state index contributed by atoms with van der Waals surface area (Å²) in [6.45, 7) is 6.21. The Labute approximate surface area is 531 Å². The lowest BCUT2D eigenvalue weighted by Gasteiger charge is -2.42. The molecule has 2 aliphatic carbocycles. The molecule has 27 heteroatoms. The highest BCUT2D eigenvalue weighted by Gasteiger charge is 2.64. The summed E-state index contributed by atoms with van der Waals surface area (Å²) in [6, 6.07) is 7.03. The molecule has 0 spiro atoms. The third kappa shape index (κ3) is 20.4. The van der Waals surface area contributed by atoms with Crippen molar-refractivity contribution in [1.82, 2.24) is 25.3 Å². The second-order valence-electron chi connectivity index (χ2n) is 22.9. The number of alkyl halides is 1. The fraction of sp³-hybridized carbons (Fsp3) is 0.565. The van der Waals surface area contributed by atoms with Gasteiger partial charge >= 0.3 is 30.3 Å². The number of esters is 1. The molecule has 25 nitrogen and oxygen atoms in total. The Hall–Kier alpha value is -7.26. The van der Waals surface area contributed by atoms with Crippen molar-refractivity contribution in [3.63, 3.8) is 0 Å². The number of rotatable bonds is 20. The van der Waals surface area contributed by atoms with E-state index in [0.29, 0.717) is 29.7 Å². The Morgan fingerprint density at radius 2 is 1.64 bits per heavy atom. The number of ketones is 1. The van der Waals surface area contributed by atoms with Gasteiger partial charge in [0.25, 0.3) is 0 Å². The van der Waals surface area contributed by atoms with Crippen LogP contribution in [-0.2, 0) is 76.6 Å². The van der Waals surface area contributed by atoms with Gasteiger partial charge in [-0.25, -0.2) is 24.0 Å². The van der Waals surface area contributed by atoms with Gasteiger partial charge in [0.15, 0.2) is 5.72 Å². The SMILES string of the molecule is COc1cc2cc(c1Cl)CC(=O)C[C@H](OC(=O)[C@H](C)N(C)C(=O)CCOC(=O)N(C)CCN(C)C(=O)OCc1ccc(NC(=O)OC3/C=C/CCCCC3)c(NC(=O)CCNC(=O)CBr)c1)[C@]1(C)O[C@H]1[C@H](C)[C@@H]1C[C@@](O)(NC(=O)O1)[C@H](OC)/C=C/C=C(\C)C2. The second kappa shape index (κ2) is 33.0. The van der Waals surface area contributed by atoms with E-state index in [9.17, 15) is 48.3 Å². The van der Waals surface area contributed by atoms with Crippen molar-refractivity contribution in [2.45, 2.75) is 153 Å². The van der Waals surface area contributed by atoms with E-state index >= 15 is 0 Å². The minimum Gasteiger partial charge on any atom is -0.495 e. The van der Waals surface area contributed by atoms with Gasteiger partial charge in [-0.3, -0.25) is 29.8 Å². The molecule has 0 aromatic heterocycles. The van der Waals surface area contributed by atoms with E-state index in [-0.39, 0.29) is 98.4 Å². The van der Waals surface area contributed by atoms with E-state index in [0.717, 1.165) is 41.7 Å². The third-order valence-corrected chi connectivity index (χ3v) is 16.9. The molecule has 0 saturated carbocycles. The number of nitrogens with zero attached hydrogens (tertiary/aromatic N) is 3. The topological polar surface area (TPSA) is 309 Å².